The van der Waals surface area contributed by atoms with Crippen molar-refractivity contribution in [1.82, 2.24) is 0 Å². The van der Waals surface area contributed by atoms with Crippen molar-refractivity contribution in [1.29, 1.82) is 0 Å². The maximum Gasteiger partial charge on any atom is 0.0855 e. The van der Waals surface area contributed by atoms with Crippen LogP contribution >= 0.6 is 59.1 Å². The Morgan fingerprint density at radius 1 is 1.20 bits per heavy atom. The lowest BCUT2D eigenvalue weighted by Crippen LogP contribution is -1.70. The van der Waals surface area contributed by atoms with Crippen LogP contribution in [0.1, 0.15) is 11.8 Å². The van der Waals surface area contributed by atoms with Gasteiger partial charge in [-0.1, -0.05) is 6.92 Å². The van der Waals surface area contributed by atoms with E-state index >= 15 is 0 Å². The molecule has 0 saturated heterocycles. The lowest BCUT2D eigenvalue weighted by Gasteiger charge is -1.88. The summed E-state index contributed by atoms with van der Waals surface area (Å²) in [5.41, 5.74) is 0. The first-order valence-corrected chi connectivity index (χ1v) is 5.98. The average molecular weight is 349 g/mol. The van der Waals surface area contributed by atoms with E-state index in [9.17, 15) is 0 Å². The van der Waals surface area contributed by atoms with Crippen molar-refractivity contribution in [2.75, 3.05) is 0 Å². The van der Waals surface area contributed by atoms with E-state index in [2.05, 4.69) is 54.7 Å². The van der Waals surface area contributed by atoms with E-state index in [1.54, 1.807) is 11.3 Å². The van der Waals surface area contributed by atoms with Gasteiger partial charge in [0.25, 0.3) is 0 Å². The van der Waals surface area contributed by atoms with Crippen molar-refractivity contribution in [2.24, 2.45) is 0 Å². The molecule has 1 rings (SSSR count). The van der Waals surface area contributed by atoms with Gasteiger partial charge in [-0.15, -0.1) is 11.3 Å². The van der Waals surface area contributed by atoms with E-state index in [4.69, 9.17) is 0 Å². The van der Waals surface area contributed by atoms with Crippen LogP contribution in [0.3, 0.4) is 0 Å². The van der Waals surface area contributed by atoms with Crippen molar-refractivity contribution >= 4 is 59.1 Å². The van der Waals surface area contributed by atoms with E-state index in [-0.39, 0.29) is 0 Å². The molecule has 1 aromatic rings. The number of hydrogen-bond acceptors (Lipinski definition) is 1. The van der Waals surface area contributed by atoms with Crippen molar-refractivity contribution in [3.8, 4) is 0 Å². The van der Waals surface area contributed by atoms with Gasteiger partial charge in [0.2, 0.25) is 0 Å². The Morgan fingerprint density at radius 3 is 2.00 bits per heavy atom. The van der Waals surface area contributed by atoms with Crippen LogP contribution in [-0.2, 0) is 6.42 Å². The summed E-state index contributed by atoms with van der Waals surface area (Å²) >= 11 is 12.2. The Bertz CT molecular complexity index is 241. The fourth-order valence-corrected chi connectivity index (χ4v) is 3.89. The smallest absolute Gasteiger partial charge is 0.0855 e. The van der Waals surface area contributed by atoms with Gasteiger partial charge in [-0.25, -0.2) is 0 Å². The Kier molecular flexibility index (Phi) is 3.41. The molecule has 0 saturated carbocycles. The van der Waals surface area contributed by atoms with Crippen molar-refractivity contribution in [3.63, 3.8) is 0 Å². The highest BCUT2D eigenvalue weighted by atomic mass is 79.9. The van der Waals surface area contributed by atoms with Crippen LogP contribution in [-0.4, -0.2) is 0 Å². The summed E-state index contributed by atoms with van der Waals surface area (Å²) < 4.78 is 3.48. The normalized spacial score (nSPS) is 10.4. The predicted octanol–water partition coefficient (Wildman–Crippen LogP) is 4.60. The number of rotatable bonds is 1. The van der Waals surface area contributed by atoms with Gasteiger partial charge in [-0.2, -0.15) is 0 Å². The SMILES string of the molecule is CCc1sc(Br)c(Br)c1Br. The fourth-order valence-electron chi connectivity index (χ4n) is 0.634. The molecule has 0 aliphatic heterocycles. The molecule has 0 aliphatic carbocycles. The first-order valence-electron chi connectivity index (χ1n) is 2.79. The van der Waals surface area contributed by atoms with Crippen LogP contribution in [0.5, 0.6) is 0 Å². The van der Waals surface area contributed by atoms with Crippen LogP contribution in [0.15, 0.2) is 12.7 Å². The maximum absolute atomic E-state index is 3.49. The lowest BCUT2D eigenvalue weighted by molar-refractivity contribution is 1.17. The second-order valence-corrected chi connectivity index (χ2v) is 5.79. The predicted molar refractivity (Wildman–Crippen MR) is 56.8 cm³/mol. The van der Waals surface area contributed by atoms with Crippen molar-refractivity contribution < 1.29 is 0 Å². The minimum absolute atomic E-state index is 1.08. The molecule has 0 unspecified atom stereocenters. The van der Waals surface area contributed by atoms with E-state index < -0.39 is 0 Å². The molecule has 0 radical (unpaired) electrons. The number of hydrogen-bond donors (Lipinski definition) is 0. The highest BCUT2D eigenvalue weighted by Crippen LogP contribution is 2.40. The molecule has 0 N–H and O–H groups in total. The maximum atomic E-state index is 3.49. The molecule has 0 aliphatic rings. The Hall–Kier alpha value is 1.14. The van der Waals surface area contributed by atoms with Crippen molar-refractivity contribution in [3.05, 3.63) is 17.6 Å². The quantitative estimate of drug-likeness (QED) is 0.696. The highest BCUT2D eigenvalue weighted by Gasteiger charge is 2.09. The third-order valence-corrected chi connectivity index (χ3v) is 6.41. The molecule has 0 spiro atoms. The summed E-state index contributed by atoms with van der Waals surface area (Å²) in [6, 6.07) is 0. The van der Waals surface area contributed by atoms with Gasteiger partial charge in [0.05, 0.1) is 8.26 Å². The standard InChI is InChI=1S/C6H5Br3S/c1-2-3-4(7)5(8)6(9)10-3/h2H2,1H3. The monoisotopic (exact) mass is 346 g/mol. The van der Waals surface area contributed by atoms with E-state index in [1.807, 2.05) is 0 Å². The lowest BCUT2D eigenvalue weighted by atomic mass is 10.4. The summed E-state index contributed by atoms with van der Waals surface area (Å²) in [4.78, 5) is 1.37. The Morgan fingerprint density at radius 2 is 1.80 bits per heavy atom. The minimum atomic E-state index is 1.08. The third kappa shape index (κ3) is 1.65. The van der Waals surface area contributed by atoms with Crippen LogP contribution in [0, 0.1) is 0 Å². The zero-order valence-electron chi connectivity index (χ0n) is 5.25. The molecule has 1 aromatic heterocycles. The van der Waals surface area contributed by atoms with Gasteiger partial charge >= 0.3 is 0 Å². The molecule has 0 aromatic carbocycles. The number of halogens is 3. The van der Waals surface area contributed by atoms with Gasteiger partial charge in [0.15, 0.2) is 0 Å². The van der Waals surface area contributed by atoms with Crippen LogP contribution in [0.25, 0.3) is 0 Å². The minimum Gasteiger partial charge on any atom is -0.131 e. The third-order valence-electron chi connectivity index (χ3n) is 1.14. The van der Waals surface area contributed by atoms with Crippen LogP contribution < -0.4 is 0 Å². The Labute approximate surface area is 89.4 Å². The molecule has 0 nitrogen and oxygen atoms in total. The molecule has 0 bridgehead atoms. The summed E-state index contributed by atoms with van der Waals surface area (Å²) in [5, 5.41) is 0. The van der Waals surface area contributed by atoms with Crippen LogP contribution in [0.2, 0.25) is 0 Å². The second kappa shape index (κ2) is 3.70. The zero-order chi connectivity index (χ0) is 7.72. The first kappa shape index (κ1) is 9.23. The second-order valence-electron chi connectivity index (χ2n) is 1.78. The molecule has 0 fully saturated rings. The van der Waals surface area contributed by atoms with Gasteiger partial charge in [0, 0.05) is 9.35 Å². The molecular formula is C6H5Br3S. The first-order chi connectivity index (χ1) is 4.66. The van der Waals surface area contributed by atoms with Gasteiger partial charge in [0.1, 0.15) is 0 Å². The van der Waals surface area contributed by atoms with E-state index in [1.165, 1.54) is 9.35 Å². The van der Waals surface area contributed by atoms with E-state index in [0.29, 0.717) is 0 Å². The molecule has 4 heteroatoms. The summed E-state index contributed by atoms with van der Waals surface area (Å²) in [6.07, 6.45) is 1.08. The molecule has 10 heavy (non-hydrogen) atoms. The zero-order valence-corrected chi connectivity index (χ0v) is 10.8. The average Bonchev–Trinajstić information content (AvgIpc) is 2.17. The fraction of sp³-hybridized carbons (Fsp3) is 0.333. The topological polar surface area (TPSA) is 0 Å². The van der Waals surface area contributed by atoms with Crippen molar-refractivity contribution in [2.45, 2.75) is 13.3 Å². The van der Waals surface area contributed by atoms with Gasteiger partial charge in [-0.3, -0.25) is 0 Å². The molecular weight excluding hydrogens is 344 g/mol. The number of aryl methyl sites for hydroxylation is 1. The van der Waals surface area contributed by atoms with Crippen LogP contribution in [0.4, 0.5) is 0 Å². The highest BCUT2D eigenvalue weighted by molar-refractivity contribution is 9.14. The largest absolute Gasteiger partial charge is 0.131 e. The molecule has 0 atom stereocenters. The molecule has 56 valence electrons. The molecule has 1 heterocycles. The van der Waals surface area contributed by atoms with Gasteiger partial charge < -0.3 is 0 Å². The van der Waals surface area contributed by atoms with Gasteiger partial charge in [-0.05, 0) is 54.2 Å². The summed E-state index contributed by atoms with van der Waals surface area (Å²) in [6.45, 7) is 2.15. The van der Waals surface area contributed by atoms with E-state index in [0.717, 1.165) is 14.7 Å². The summed E-state index contributed by atoms with van der Waals surface area (Å²) in [5.74, 6) is 0. The summed E-state index contributed by atoms with van der Waals surface area (Å²) in [7, 11) is 0. The molecule has 0 amide bonds. The number of thiophene rings is 1. The Balaban J connectivity index is 3.17.